The van der Waals surface area contributed by atoms with Gasteiger partial charge in [0.25, 0.3) is 6.47 Å². The molecule has 0 amide bonds. The number of ether oxygens (including phenoxy) is 1. The Hall–Kier alpha value is -0.570. The lowest BCUT2D eigenvalue weighted by atomic mass is 10.1. The molecule has 0 bridgehead atoms. The normalized spacial score (nSPS) is 22.5. The predicted octanol–water partition coefficient (Wildman–Crippen LogP) is 0.254. The van der Waals surface area contributed by atoms with E-state index in [1.807, 2.05) is 0 Å². The minimum absolute atomic E-state index is 0.175. The number of hydrogen-bond donors (Lipinski definition) is 0. The third-order valence-electron chi connectivity index (χ3n) is 1.91. The van der Waals surface area contributed by atoms with Crippen LogP contribution in [0.25, 0.3) is 0 Å². The van der Waals surface area contributed by atoms with Crippen molar-refractivity contribution < 1.29 is 9.53 Å². The molecule has 1 aliphatic rings. The lowest BCUT2D eigenvalue weighted by Crippen LogP contribution is -2.33. The Morgan fingerprint density at radius 2 is 2.10 bits per heavy atom. The zero-order valence-corrected chi connectivity index (χ0v) is 6.25. The van der Waals surface area contributed by atoms with Crippen LogP contribution in [-0.2, 0) is 9.53 Å². The number of piperidine rings is 1. The first-order valence-electron chi connectivity index (χ1n) is 3.60. The second-order valence-corrected chi connectivity index (χ2v) is 2.73. The average molecular weight is 143 g/mol. The van der Waals surface area contributed by atoms with Crippen LogP contribution in [0.4, 0.5) is 0 Å². The molecule has 1 saturated heterocycles. The highest BCUT2D eigenvalue weighted by molar-refractivity contribution is 5.37. The SMILES string of the molecule is CN1CCC(OC=O)CC1. The number of nitrogens with zero attached hydrogens (tertiary/aromatic N) is 1. The predicted molar refractivity (Wildman–Crippen MR) is 37.7 cm³/mol. The summed E-state index contributed by atoms with van der Waals surface area (Å²) >= 11 is 0. The fraction of sp³-hybridized carbons (Fsp3) is 0.857. The fourth-order valence-electron chi connectivity index (χ4n) is 1.20. The van der Waals surface area contributed by atoms with Crippen LogP contribution in [0.3, 0.4) is 0 Å². The molecule has 0 N–H and O–H groups in total. The van der Waals surface area contributed by atoms with Crippen molar-refractivity contribution in [1.82, 2.24) is 4.90 Å². The summed E-state index contributed by atoms with van der Waals surface area (Å²) in [4.78, 5) is 12.2. The monoisotopic (exact) mass is 143 g/mol. The van der Waals surface area contributed by atoms with Crippen molar-refractivity contribution in [2.45, 2.75) is 18.9 Å². The van der Waals surface area contributed by atoms with Crippen LogP contribution in [0.1, 0.15) is 12.8 Å². The highest BCUT2D eigenvalue weighted by Gasteiger charge is 2.16. The third-order valence-corrected chi connectivity index (χ3v) is 1.91. The van der Waals surface area contributed by atoms with Gasteiger partial charge >= 0.3 is 0 Å². The minimum Gasteiger partial charge on any atom is -0.464 e. The summed E-state index contributed by atoms with van der Waals surface area (Å²) in [7, 11) is 2.08. The summed E-state index contributed by atoms with van der Waals surface area (Å²) in [5.41, 5.74) is 0. The third kappa shape index (κ3) is 1.99. The lowest BCUT2D eigenvalue weighted by molar-refractivity contribution is -0.135. The summed E-state index contributed by atoms with van der Waals surface area (Å²) in [6.45, 7) is 2.63. The van der Waals surface area contributed by atoms with Crippen LogP contribution in [0.5, 0.6) is 0 Å². The van der Waals surface area contributed by atoms with E-state index < -0.39 is 0 Å². The number of carbonyl (C=O) groups is 1. The molecule has 0 saturated carbocycles. The van der Waals surface area contributed by atoms with Gasteiger partial charge in [-0.15, -0.1) is 0 Å². The van der Waals surface area contributed by atoms with E-state index in [0.29, 0.717) is 6.47 Å². The van der Waals surface area contributed by atoms with E-state index in [2.05, 4.69) is 11.9 Å². The number of hydrogen-bond acceptors (Lipinski definition) is 3. The lowest BCUT2D eigenvalue weighted by Gasteiger charge is -2.27. The highest BCUT2D eigenvalue weighted by Crippen LogP contribution is 2.10. The van der Waals surface area contributed by atoms with E-state index in [4.69, 9.17) is 4.74 Å². The maximum Gasteiger partial charge on any atom is 0.293 e. The van der Waals surface area contributed by atoms with Gasteiger partial charge in [-0.3, -0.25) is 4.79 Å². The molecule has 10 heavy (non-hydrogen) atoms. The van der Waals surface area contributed by atoms with Crippen LogP contribution in [0.15, 0.2) is 0 Å². The second kappa shape index (κ2) is 3.56. The minimum atomic E-state index is 0.175. The van der Waals surface area contributed by atoms with Gasteiger partial charge in [0.15, 0.2) is 0 Å². The van der Waals surface area contributed by atoms with Crippen LogP contribution in [0.2, 0.25) is 0 Å². The molecule has 1 aliphatic heterocycles. The van der Waals surface area contributed by atoms with Crippen molar-refractivity contribution in [2.75, 3.05) is 20.1 Å². The molecule has 1 heterocycles. The fourth-order valence-corrected chi connectivity index (χ4v) is 1.20. The molecular formula is C7H13NO2. The van der Waals surface area contributed by atoms with E-state index in [1.54, 1.807) is 0 Å². The summed E-state index contributed by atoms with van der Waals surface area (Å²) in [5.74, 6) is 0. The van der Waals surface area contributed by atoms with Crippen LogP contribution < -0.4 is 0 Å². The van der Waals surface area contributed by atoms with Crippen LogP contribution >= 0.6 is 0 Å². The van der Waals surface area contributed by atoms with Crippen LogP contribution in [0, 0.1) is 0 Å². The maximum atomic E-state index is 9.92. The molecule has 0 aliphatic carbocycles. The first-order chi connectivity index (χ1) is 4.83. The van der Waals surface area contributed by atoms with Gasteiger partial charge in [0.2, 0.25) is 0 Å². The molecule has 0 aromatic carbocycles. The zero-order valence-electron chi connectivity index (χ0n) is 6.25. The molecule has 3 nitrogen and oxygen atoms in total. The Kier molecular flexibility index (Phi) is 2.68. The van der Waals surface area contributed by atoms with Gasteiger partial charge in [0.1, 0.15) is 6.10 Å². The molecular weight excluding hydrogens is 130 g/mol. The van der Waals surface area contributed by atoms with Gasteiger partial charge in [-0.2, -0.15) is 0 Å². The van der Waals surface area contributed by atoms with Gasteiger partial charge in [-0.05, 0) is 19.9 Å². The molecule has 0 atom stereocenters. The highest BCUT2D eigenvalue weighted by atomic mass is 16.5. The molecule has 0 aromatic rings. The second-order valence-electron chi connectivity index (χ2n) is 2.73. The van der Waals surface area contributed by atoms with Crippen molar-refractivity contribution in [3.05, 3.63) is 0 Å². The molecule has 3 heteroatoms. The van der Waals surface area contributed by atoms with Crippen molar-refractivity contribution in [2.24, 2.45) is 0 Å². The van der Waals surface area contributed by atoms with Crippen LogP contribution in [-0.4, -0.2) is 37.6 Å². The molecule has 1 rings (SSSR count). The van der Waals surface area contributed by atoms with E-state index in [-0.39, 0.29) is 6.10 Å². The van der Waals surface area contributed by atoms with E-state index in [1.165, 1.54) is 0 Å². The van der Waals surface area contributed by atoms with Gasteiger partial charge < -0.3 is 9.64 Å². The Bertz CT molecular complexity index is 108. The maximum absolute atomic E-state index is 9.92. The molecule has 0 unspecified atom stereocenters. The Morgan fingerprint density at radius 3 is 2.60 bits per heavy atom. The first-order valence-corrected chi connectivity index (χ1v) is 3.60. The molecule has 0 spiro atoms. The van der Waals surface area contributed by atoms with E-state index in [9.17, 15) is 4.79 Å². The Morgan fingerprint density at radius 1 is 1.50 bits per heavy atom. The van der Waals surface area contributed by atoms with Gasteiger partial charge in [0, 0.05) is 13.1 Å². The quantitative estimate of drug-likeness (QED) is 0.519. The average Bonchev–Trinajstić information content (AvgIpc) is 1.95. The summed E-state index contributed by atoms with van der Waals surface area (Å²) in [5, 5.41) is 0. The standard InChI is InChI=1S/C7H13NO2/c1-8-4-2-7(3-5-8)10-6-9/h6-7H,2-5H2,1H3. The topological polar surface area (TPSA) is 29.5 Å². The largest absolute Gasteiger partial charge is 0.464 e. The summed E-state index contributed by atoms with van der Waals surface area (Å²) in [6.07, 6.45) is 2.14. The molecule has 0 radical (unpaired) electrons. The van der Waals surface area contributed by atoms with Crippen molar-refractivity contribution in [1.29, 1.82) is 0 Å². The number of likely N-dealkylation sites (tertiary alicyclic amines) is 1. The van der Waals surface area contributed by atoms with Crippen molar-refractivity contribution in [3.8, 4) is 0 Å². The summed E-state index contributed by atoms with van der Waals surface area (Å²) in [6, 6.07) is 0. The van der Waals surface area contributed by atoms with Gasteiger partial charge in [-0.25, -0.2) is 0 Å². The van der Waals surface area contributed by atoms with Crippen molar-refractivity contribution >= 4 is 6.47 Å². The summed E-state index contributed by atoms with van der Waals surface area (Å²) < 4.78 is 4.82. The zero-order chi connectivity index (χ0) is 7.40. The number of carbonyl (C=O) groups excluding carboxylic acids is 1. The van der Waals surface area contributed by atoms with E-state index >= 15 is 0 Å². The molecule has 1 fully saturated rings. The Balaban J connectivity index is 2.19. The number of rotatable bonds is 2. The molecule has 58 valence electrons. The van der Waals surface area contributed by atoms with Crippen molar-refractivity contribution in [3.63, 3.8) is 0 Å². The first kappa shape index (κ1) is 7.54. The Labute approximate surface area is 61.0 Å². The smallest absolute Gasteiger partial charge is 0.293 e. The van der Waals surface area contributed by atoms with E-state index in [0.717, 1.165) is 25.9 Å². The molecule has 0 aromatic heterocycles. The van der Waals surface area contributed by atoms with Gasteiger partial charge in [0.05, 0.1) is 0 Å². The van der Waals surface area contributed by atoms with Gasteiger partial charge in [-0.1, -0.05) is 0 Å².